The molecule has 1 rings (SSSR count). The SMILES string of the molecule is CCNCCS(=O)(=O)Nc1cc(C)on1. The van der Waals surface area contributed by atoms with Crippen LogP contribution in [0.15, 0.2) is 10.6 Å². The van der Waals surface area contributed by atoms with E-state index >= 15 is 0 Å². The lowest BCUT2D eigenvalue weighted by Crippen LogP contribution is -2.26. The fraction of sp³-hybridized carbons (Fsp3) is 0.625. The Labute approximate surface area is 89.1 Å². The van der Waals surface area contributed by atoms with E-state index in [4.69, 9.17) is 4.52 Å². The van der Waals surface area contributed by atoms with Crippen molar-refractivity contribution < 1.29 is 12.9 Å². The molecule has 0 saturated heterocycles. The van der Waals surface area contributed by atoms with E-state index in [0.717, 1.165) is 6.54 Å². The van der Waals surface area contributed by atoms with Crippen molar-refractivity contribution in [3.63, 3.8) is 0 Å². The van der Waals surface area contributed by atoms with Crippen LogP contribution in [-0.4, -0.2) is 32.4 Å². The lowest BCUT2D eigenvalue weighted by Gasteiger charge is -2.04. The summed E-state index contributed by atoms with van der Waals surface area (Å²) in [7, 11) is -3.33. The van der Waals surface area contributed by atoms with Gasteiger partial charge in [-0.1, -0.05) is 12.1 Å². The Bertz CT molecular complexity index is 399. The molecule has 0 aliphatic heterocycles. The van der Waals surface area contributed by atoms with Gasteiger partial charge in [-0.25, -0.2) is 8.42 Å². The molecule has 0 amide bonds. The summed E-state index contributed by atoms with van der Waals surface area (Å²) in [5.74, 6) is 0.815. The highest BCUT2D eigenvalue weighted by molar-refractivity contribution is 7.92. The molecule has 7 heteroatoms. The van der Waals surface area contributed by atoms with Crippen LogP contribution in [-0.2, 0) is 10.0 Å². The summed E-state index contributed by atoms with van der Waals surface area (Å²) < 4.78 is 30.0. The number of nitrogens with zero attached hydrogens (tertiary/aromatic N) is 1. The number of hydrogen-bond donors (Lipinski definition) is 2. The van der Waals surface area contributed by atoms with E-state index < -0.39 is 10.0 Å². The minimum atomic E-state index is -3.33. The van der Waals surface area contributed by atoms with Crippen LogP contribution in [0.4, 0.5) is 5.82 Å². The van der Waals surface area contributed by atoms with Crippen molar-refractivity contribution in [3.05, 3.63) is 11.8 Å². The third kappa shape index (κ3) is 4.30. The summed E-state index contributed by atoms with van der Waals surface area (Å²) in [5.41, 5.74) is 0. The molecule has 0 spiro atoms. The Morgan fingerprint density at radius 1 is 1.53 bits per heavy atom. The molecule has 1 aromatic heterocycles. The van der Waals surface area contributed by atoms with Gasteiger partial charge in [0, 0.05) is 12.6 Å². The topological polar surface area (TPSA) is 84.2 Å². The van der Waals surface area contributed by atoms with Crippen LogP contribution in [0.5, 0.6) is 0 Å². The molecule has 0 aromatic carbocycles. The molecule has 6 nitrogen and oxygen atoms in total. The minimum absolute atomic E-state index is 0.0206. The molecule has 1 heterocycles. The maximum absolute atomic E-state index is 11.5. The molecule has 1 aromatic rings. The van der Waals surface area contributed by atoms with Crippen molar-refractivity contribution >= 4 is 15.8 Å². The first-order chi connectivity index (χ1) is 7.03. The first kappa shape index (κ1) is 12.0. The van der Waals surface area contributed by atoms with Crippen LogP contribution in [0, 0.1) is 6.92 Å². The van der Waals surface area contributed by atoms with E-state index in [1.807, 2.05) is 6.92 Å². The number of anilines is 1. The van der Waals surface area contributed by atoms with Crippen molar-refractivity contribution in [1.29, 1.82) is 0 Å². The zero-order valence-corrected chi connectivity index (χ0v) is 9.60. The van der Waals surface area contributed by atoms with Gasteiger partial charge in [-0.05, 0) is 13.5 Å². The highest BCUT2D eigenvalue weighted by Crippen LogP contribution is 2.08. The van der Waals surface area contributed by atoms with Crippen LogP contribution in [0.2, 0.25) is 0 Å². The Morgan fingerprint density at radius 3 is 2.80 bits per heavy atom. The second-order valence-corrected chi connectivity index (χ2v) is 4.94. The van der Waals surface area contributed by atoms with Crippen LogP contribution >= 0.6 is 0 Å². The van der Waals surface area contributed by atoms with Crippen molar-refractivity contribution in [2.75, 3.05) is 23.6 Å². The van der Waals surface area contributed by atoms with Crippen LogP contribution in [0.3, 0.4) is 0 Å². The summed E-state index contributed by atoms with van der Waals surface area (Å²) >= 11 is 0. The highest BCUT2D eigenvalue weighted by atomic mass is 32.2. The van der Waals surface area contributed by atoms with E-state index in [0.29, 0.717) is 12.3 Å². The molecule has 15 heavy (non-hydrogen) atoms. The third-order valence-electron chi connectivity index (χ3n) is 1.69. The van der Waals surface area contributed by atoms with Gasteiger partial charge in [-0.3, -0.25) is 4.72 Å². The van der Waals surface area contributed by atoms with Crippen molar-refractivity contribution in [2.24, 2.45) is 0 Å². The van der Waals surface area contributed by atoms with E-state index in [1.54, 1.807) is 6.92 Å². The molecule has 0 atom stereocenters. The molecule has 0 fully saturated rings. The van der Waals surface area contributed by atoms with E-state index in [9.17, 15) is 8.42 Å². The van der Waals surface area contributed by atoms with Gasteiger partial charge < -0.3 is 9.84 Å². The summed E-state index contributed by atoms with van der Waals surface area (Å²) in [6.45, 7) is 4.78. The van der Waals surface area contributed by atoms with Crippen LogP contribution in [0.25, 0.3) is 0 Å². The predicted octanol–water partition coefficient (Wildman–Crippen LogP) is 0.334. The van der Waals surface area contributed by atoms with Gasteiger partial charge in [0.05, 0.1) is 5.75 Å². The van der Waals surface area contributed by atoms with E-state index in [-0.39, 0.29) is 11.6 Å². The Hall–Kier alpha value is -1.08. The standard InChI is InChI=1S/C8H15N3O3S/c1-3-9-4-5-15(12,13)11-8-6-7(2)14-10-8/h6,9H,3-5H2,1-2H3,(H,10,11). The van der Waals surface area contributed by atoms with Gasteiger partial charge in [0.15, 0.2) is 5.82 Å². The molecule has 0 radical (unpaired) electrons. The van der Waals surface area contributed by atoms with Crippen molar-refractivity contribution in [2.45, 2.75) is 13.8 Å². The number of hydrogen-bond acceptors (Lipinski definition) is 5. The molecule has 0 unspecified atom stereocenters. The number of aromatic nitrogens is 1. The predicted molar refractivity (Wildman–Crippen MR) is 57.2 cm³/mol. The largest absolute Gasteiger partial charge is 0.360 e. The Balaban J connectivity index is 2.49. The quantitative estimate of drug-likeness (QED) is 0.692. The van der Waals surface area contributed by atoms with Gasteiger partial charge in [-0.15, -0.1) is 0 Å². The van der Waals surface area contributed by atoms with Gasteiger partial charge >= 0.3 is 0 Å². The first-order valence-corrected chi connectivity index (χ1v) is 6.33. The average Bonchev–Trinajstić information content (AvgIpc) is 2.50. The molecule has 0 aliphatic rings. The van der Waals surface area contributed by atoms with Gasteiger partial charge in [0.25, 0.3) is 0 Å². The highest BCUT2D eigenvalue weighted by Gasteiger charge is 2.11. The molecule has 2 N–H and O–H groups in total. The third-order valence-corrected chi connectivity index (χ3v) is 2.95. The zero-order chi connectivity index (χ0) is 11.3. The van der Waals surface area contributed by atoms with E-state index in [2.05, 4.69) is 15.2 Å². The molecular weight excluding hydrogens is 218 g/mol. The smallest absolute Gasteiger partial charge is 0.235 e. The minimum Gasteiger partial charge on any atom is -0.360 e. The lowest BCUT2D eigenvalue weighted by molar-refractivity contribution is 0.400. The number of sulfonamides is 1. The fourth-order valence-electron chi connectivity index (χ4n) is 1.01. The Morgan fingerprint density at radius 2 is 2.27 bits per heavy atom. The van der Waals surface area contributed by atoms with Gasteiger partial charge in [-0.2, -0.15) is 0 Å². The van der Waals surface area contributed by atoms with Crippen LogP contribution < -0.4 is 10.0 Å². The summed E-state index contributed by atoms with van der Waals surface area (Å²) in [5, 5.41) is 6.48. The Kier molecular flexibility index (Phi) is 4.10. The number of nitrogens with one attached hydrogen (secondary N) is 2. The first-order valence-electron chi connectivity index (χ1n) is 4.68. The summed E-state index contributed by atoms with van der Waals surface area (Å²) in [6.07, 6.45) is 0. The molecule has 0 aliphatic carbocycles. The normalized spacial score (nSPS) is 11.6. The van der Waals surface area contributed by atoms with E-state index in [1.165, 1.54) is 6.07 Å². The van der Waals surface area contributed by atoms with Gasteiger partial charge in [0.2, 0.25) is 10.0 Å². The number of rotatable bonds is 6. The zero-order valence-electron chi connectivity index (χ0n) is 8.78. The van der Waals surface area contributed by atoms with Crippen molar-refractivity contribution in [1.82, 2.24) is 10.5 Å². The summed E-state index contributed by atoms with van der Waals surface area (Å²) in [4.78, 5) is 0. The lowest BCUT2D eigenvalue weighted by atomic mass is 10.5. The molecule has 0 saturated carbocycles. The number of aryl methyl sites for hydroxylation is 1. The molecule has 86 valence electrons. The van der Waals surface area contributed by atoms with Crippen LogP contribution in [0.1, 0.15) is 12.7 Å². The average molecular weight is 233 g/mol. The monoisotopic (exact) mass is 233 g/mol. The second kappa shape index (κ2) is 5.13. The van der Waals surface area contributed by atoms with Crippen molar-refractivity contribution in [3.8, 4) is 0 Å². The summed E-state index contributed by atoms with van der Waals surface area (Å²) in [6, 6.07) is 1.53. The molecule has 0 bridgehead atoms. The maximum atomic E-state index is 11.5. The second-order valence-electron chi connectivity index (χ2n) is 3.10. The van der Waals surface area contributed by atoms with Gasteiger partial charge in [0.1, 0.15) is 5.76 Å². The maximum Gasteiger partial charge on any atom is 0.235 e. The fourth-order valence-corrected chi connectivity index (χ4v) is 1.94. The molecular formula is C8H15N3O3S.